The molecule has 0 unspecified atom stereocenters. The molecule has 5 nitrogen and oxygen atoms in total. The summed E-state index contributed by atoms with van der Waals surface area (Å²) in [7, 11) is 0. The van der Waals surface area contributed by atoms with E-state index in [1.165, 1.54) is 5.56 Å². The van der Waals surface area contributed by atoms with Crippen molar-refractivity contribution in [3.05, 3.63) is 108 Å². The van der Waals surface area contributed by atoms with Crippen molar-refractivity contribution in [2.75, 3.05) is 4.90 Å². The lowest BCUT2D eigenvalue weighted by atomic mass is 9.99. The maximum atomic E-state index is 5.86. The van der Waals surface area contributed by atoms with Crippen molar-refractivity contribution in [3.63, 3.8) is 0 Å². The van der Waals surface area contributed by atoms with Gasteiger partial charge in [-0.15, -0.1) is 0 Å². The first-order chi connectivity index (χ1) is 15.6. The summed E-state index contributed by atoms with van der Waals surface area (Å²) in [5, 5.41) is 4.23. The van der Waals surface area contributed by atoms with Gasteiger partial charge in [-0.3, -0.25) is 4.98 Å². The van der Waals surface area contributed by atoms with Crippen LogP contribution in [0.1, 0.15) is 48.8 Å². The van der Waals surface area contributed by atoms with Gasteiger partial charge in [0.15, 0.2) is 5.11 Å². The lowest BCUT2D eigenvalue weighted by Crippen LogP contribution is -2.30. The molecule has 0 bridgehead atoms. The quantitative estimate of drug-likeness (QED) is 0.412. The molecule has 6 heteroatoms. The Morgan fingerprint density at radius 1 is 0.875 bits per heavy atom. The molecule has 1 aliphatic rings. The molecular formula is C26H25N5S. The third-order valence-electron chi connectivity index (χ3n) is 5.92. The summed E-state index contributed by atoms with van der Waals surface area (Å²) in [6.45, 7) is 4.41. The molecule has 0 aliphatic carbocycles. The van der Waals surface area contributed by atoms with Crippen molar-refractivity contribution < 1.29 is 0 Å². The van der Waals surface area contributed by atoms with Crippen LogP contribution in [-0.4, -0.2) is 19.6 Å². The predicted octanol–water partition coefficient (Wildman–Crippen LogP) is 5.57. The number of pyridine rings is 2. The first-order valence-electron chi connectivity index (χ1n) is 10.8. The minimum Gasteiger partial charge on any atom is -0.351 e. The van der Waals surface area contributed by atoms with E-state index in [9.17, 15) is 0 Å². The lowest BCUT2D eigenvalue weighted by molar-refractivity contribution is 0.548. The largest absolute Gasteiger partial charge is 0.351 e. The summed E-state index contributed by atoms with van der Waals surface area (Å²) in [6.07, 6.45) is 5.69. The number of nitrogens with one attached hydrogen (secondary N) is 1. The Bertz CT molecular complexity index is 1200. The van der Waals surface area contributed by atoms with Gasteiger partial charge in [-0.1, -0.05) is 38.1 Å². The van der Waals surface area contributed by atoms with Crippen LogP contribution in [0.3, 0.4) is 0 Å². The van der Waals surface area contributed by atoms with Crippen LogP contribution in [0.5, 0.6) is 0 Å². The maximum absolute atomic E-state index is 5.86. The van der Waals surface area contributed by atoms with E-state index in [1.807, 2.05) is 48.8 Å². The molecule has 4 aromatic rings. The topological polar surface area (TPSA) is 46.0 Å². The molecule has 160 valence electrons. The van der Waals surface area contributed by atoms with Crippen molar-refractivity contribution in [2.45, 2.75) is 31.8 Å². The molecule has 1 aliphatic heterocycles. The molecule has 5 rings (SSSR count). The Morgan fingerprint density at radius 2 is 1.62 bits per heavy atom. The molecule has 4 heterocycles. The molecule has 32 heavy (non-hydrogen) atoms. The molecule has 0 saturated carbocycles. The molecule has 1 aromatic carbocycles. The number of rotatable bonds is 5. The normalized spacial score (nSPS) is 18.2. The molecule has 1 saturated heterocycles. The highest BCUT2D eigenvalue weighted by atomic mass is 32.1. The summed E-state index contributed by atoms with van der Waals surface area (Å²) < 4.78 is 2.13. The highest BCUT2D eigenvalue weighted by Gasteiger charge is 2.42. The number of benzene rings is 1. The van der Waals surface area contributed by atoms with Gasteiger partial charge < -0.3 is 14.8 Å². The lowest BCUT2D eigenvalue weighted by Gasteiger charge is -2.29. The van der Waals surface area contributed by atoms with Crippen LogP contribution in [0.15, 0.2) is 91.4 Å². The fraction of sp³-hybridized carbons (Fsp3) is 0.192. The van der Waals surface area contributed by atoms with E-state index in [-0.39, 0.29) is 12.1 Å². The average Bonchev–Trinajstić information content (AvgIpc) is 3.44. The Hall–Kier alpha value is -3.51. The van der Waals surface area contributed by atoms with Gasteiger partial charge in [-0.25, -0.2) is 4.98 Å². The zero-order chi connectivity index (χ0) is 22.1. The summed E-state index contributed by atoms with van der Waals surface area (Å²) in [4.78, 5) is 11.4. The Kier molecular flexibility index (Phi) is 5.45. The smallest absolute Gasteiger partial charge is 0.174 e. The first-order valence-corrected chi connectivity index (χ1v) is 11.2. The van der Waals surface area contributed by atoms with Crippen molar-refractivity contribution >= 4 is 23.0 Å². The SMILES string of the molecule is CC(C)c1ccc(N2C(=S)N[C@H](c3ccccn3)[C@H]2c2cccn2-c2ccccn2)cc1. The maximum Gasteiger partial charge on any atom is 0.174 e. The summed E-state index contributed by atoms with van der Waals surface area (Å²) in [5.74, 6) is 1.35. The van der Waals surface area contributed by atoms with Crippen LogP contribution in [0.4, 0.5) is 5.69 Å². The van der Waals surface area contributed by atoms with E-state index in [2.05, 4.69) is 81.2 Å². The van der Waals surface area contributed by atoms with Crippen LogP contribution in [0.25, 0.3) is 5.82 Å². The molecule has 0 radical (unpaired) electrons. The fourth-order valence-corrected chi connectivity index (χ4v) is 4.64. The summed E-state index contributed by atoms with van der Waals surface area (Å²) >= 11 is 5.86. The van der Waals surface area contributed by atoms with E-state index >= 15 is 0 Å². The van der Waals surface area contributed by atoms with Crippen LogP contribution < -0.4 is 10.2 Å². The van der Waals surface area contributed by atoms with Gasteiger partial charge in [0.25, 0.3) is 0 Å². The second kappa shape index (κ2) is 8.55. The number of hydrogen-bond acceptors (Lipinski definition) is 3. The highest BCUT2D eigenvalue weighted by Crippen LogP contribution is 2.42. The van der Waals surface area contributed by atoms with E-state index < -0.39 is 0 Å². The van der Waals surface area contributed by atoms with Crippen molar-refractivity contribution in [1.82, 2.24) is 19.9 Å². The molecule has 0 spiro atoms. The van der Waals surface area contributed by atoms with Gasteiger partial charge in [0.05, 0.1) is 11.7 Å². The molecule has 1 fully saturated rings. The second-order valence-electron chi connectivity index (χ2n) is 8.23. The number of thiocarbonyl (C=S) groups is 1. The number of hydrogen-bond donors (Lipinski definition) is 1. The van der Waals surface area contributed by atoms with Gasteiger partial charge in [-0.2, -0.15) is 0 Å². The summed E-state index contributed by atoms with van der Waals surface area (Å²) in [6, 6.07) is 24.7. The molecule has 1 N–H and O–H groups in total. The van der Waals surface area contributed by atoms with E-state index in [4.69, 9.17) is 12.2 Å². The fourth-order valence-electron chi connectivity index (χ4n) is 4.29. The zero-order valence-electron chi connectivity index (χ0n) is 18.1. The van der Waals surface area contributed by atoms with Gasteiger partial charge in [0, 0.05) is 30.0 Å². The van der Waals surface area contributed by atoms with Gasteiger partial charge >= 0.3 is 0 Å². The van der Waals surface area contributed by atoms with Gasteiger partial charge in [0.2, 0.25) is 0 Å². The minimum absolute atomic E-state index is 0.0840. The Morgan fingerprint density at radius 3 is 2.28 bits per heavy atom. The highest BCUT2D eigenvalue weighted by molar-refractivity contribution is 7.80. The van der Waals surface area contributed by atoms with Crippen molar-refractivity contribution in [3.8, 4) is 5.82 Å². The third kappa shape index (κ3) is 3.67. The average molecular weight is 440 g/mol. The third-order valence-corrected chi connectivity index (χ3v) is 6.23. The van der Waals surface area contributed by atoms with Crippen molar-refractivity contribution in [1.29, 1.82) is 0 Å². The molecular weight excluding hydrogens is 414 g/mol. The van der Waals surface area contributed by atoms with E-state index in [0.717, 1.165) is 22.9 Å². The predicted molar refractivity (Wildman–Crippen MR) is 132 cm³/mol. The second-order valence-corrected chi connectivity index (χ2v) is 8.62. The van der Waals surface area contributed by atoms with Crippen LogP contribution in [0.2, 0.25) is 0 Å². The van der Waals surface area contributed by atoms with Gasteiger partial charge in [-0.05, 0) is 72.2 Å². The Balaban J connectivity index is 1.64. The number of anilines is 1. The molecule has 3 aromatic heterocycles. The standard InChI is InChI=1S/C26H25N5S/c1-18(2)19-11-13-20(14-12-19)31-25(24(29-26(31)32)21-8-3-5-15-27-21)22-9-7-17-30(22)23-10-4-6-16-28-23/h3-18,24-25H,1-2H3,(H,29,32)/t24-,25-/m1/s1. The monoisotopic (exact) mass is 439 g/mol. The van der Waals surface area contributed by atoms with E-state index in [1.54, 1.807) is 0 Å². The van der Waals surface area contributed by atoms with Crippen LogP contribution in [-0.2, 0) is 0 Å². The molecule has 2 atom stereocenters. The van der Waals surface area contributed by atoms with Crippen LogP contribution in [0, 0.1) is 0 Å². The van der Waals surface area contributed by atoms with Crippen molar-refractivity contribution in [2.24, 2.45) is 0 Å². The number of aromatic nitrogens is 3. The van der Waals surface area contributed by atoms with Gasteiger partial charge in [0.1, 0.15) is 11.9 Å². The minimum atomic E-state index is -0.0918. The Labute approximate surface area is 193 Å². The molecule has 0 amide bonds. The number of nitrogens with zero attached hydrogens (tertiary/aromatic N) is 4. The summed E-state index contributed by atoms with van der Waals surface area (Å²) in [5.41, 5.74) is 4.42. The van der Waals surface area contributed by atoms with E-state index in [0.29, 0.717) is 11.0 Å². The first kappa shape index (κ1) is 20.4. The van der Waals surface area contributed by atoms with Crippen LogP contribution >= 0.6 is 12.2 Å². The zero-order valence-corrected chi connectivity index (χ0v) is 18.9.